The van der Waals surface area contributed by atoms with Crippen molar-refractivity contribution in [3.63, 3.8) is 0 Å². The Bertz CT molecular complexity index is 508. The zero-order chi connectivity index (χ0) is 16.0. The molecule has 0 atom stereocenters. The molecule has 0 unspecified atom stereocenters. The molecule has 4 nitrogen and oxygen atoms in total. The van der Waals surface area contributed by atoms with Crippen LogP contribution in [0, 0.1) is 0 Å². The monoisotopic (exact) mass is 302 g/mol. The van der Waals surface area contributed by atoms with Gasteiger partial charge in [0.2, 0.25) is 0 Å². The fourth-order valence-electron chi connectivity index (χ4n) is 1.49. The molecule has 0 radical (unpaired) electrons. The van der Waals surface area contributed by atoms with Gasteiger partial charge in [0.25, 0.3) is 0 Å². The second kappa shape index (κ2) is 7.01. The van der Waals surface area contributed by atoms with Crippen LogP contribution in [-0.4, -0.2) is 32.8 Å². The number of nitrogens with zero attached hydrogens (tertiary/aromatic N) is 1. The van der Waals surface area contributed by atoms with Crippen LogP contribution in [0.25, 0.3) is 0 Å². The van der Waals surface area contributed by atoms with Gasteiger partial charge >= 0.3 is 12.1 Å². The molecule has 0 spiro atoms. The lowest BCUT2D eigenvalue weighted by molar-refractivity contribution is -0.138. The van der Waals surface area contributed by atoms with Gasteiger partial charge in [-0.2, -0.15) is 13.2 Å². The van der Waals surface area contributed by atoms with Crippen molar-refractivity contribution in [2.24, 2.45) is 0 Å². The number of carbonyl (C=O) groups excluding carboxylic acids is 1. The molecule has 116 valence electrons. The van der Waals surface area contributed by atoms with Gasteiger partial charge in [0, 0.05) is 25.5 Å². The summed E-state index contributed by atoms with van der Waals surface area (Å²) in [5, 5.41) is 2.19. The second-order valence-electron chi connectivity index (χ2n) is 4.37. The van der Waals surface area contributed by atoms with Crippen LogP contribution in [0.4, 0.5) is 24.5 Å². The van der Waals surface area contributed by atoms with Gasteiger partial charge in [0.05, 0.1) is 12.7 Å². The summed E-state index contributed by atoms with van der Waals surface area (Å²) in [7, 11) is 3.65. The number of anilines is 2. The summed E-state index contributed by atoms with van der Waals surface area (Å²) in [4.78, 5) is 13.0. The van der Waals surface area contributed by atoms with Crippen molar-refractivity contribution in [3.05, 3.63) is 36.0 Å². The Morgan fingerprint density at radius 2 is 1.86 bits per heavy atom. The molecule has 0 aromatic heterocycles. The smallest absolute Gasteiger partial charge is 0.431 e. The van der Waals surface area contributed by atoms with E-state index in [9.17, 15) is 18.0 Å². The molecule has 1 rings (SSSR count). The zero-order valence-electron chi connectivity index (χ0n) is 12.0. The van der Waals surface area contributed by atoms with Gasteiger partial charge in [-0.1, -0.05) is 0 Å². The number of ether oxygens (including phenoxy) is 1. The first-order valence-electron chi connectivity index (χ1n) is 6.24. The van der Waals surface area contributed by atoms with Crippen molar-refractivity contribution in [1.82, 2.24) is 0 Å². The SMILES string of the molecule is CCOC(=O)/C=C(/Nc1ccc(N(C)C)cc1)C(F)(F)F. The highest BCUT2D eigenvalue weighted by Crippen LogP contribution is 2.27. The molecule has 1 aromatic carbocycles. The molecule has 1 N–H and O–H groups in total. The number of alkyl halides is 3. The maximum absolute atomic E-state index is 12.9. The standard InChI is InChI=1S/C14H17F3N2O2/c1-4-21-13(20)9-12(14(15,16)17)18-10-5-7-11(8-6-10)19(2)3/h5-9,18H,4H2,1-3H3/b12-9+. The number of esters is 1. The first-order valence-corrected chi connectivity index (χ1v) is 6.24. The Hall–Kier alpha value is -2.18. The van der Waals surface area contributed by atoms with Crippen LogP contribution < -0.4 is 10.2 Å². The summed E-state index contributed by atoms with van der Waals surface area (Å²) in [6.07, 6.45) is -4.27. The highest BCUT2D eigenvalue weighted by molar-refractivity contribution is 5.83. The van der Waals surface area contributed by atoms with Crippen LogP contribution in [-0.2, 0) is 9.53 Å². The van der Waals surface area contributed by atoms with E-state index in [0.29, 0.717) is 6.08 Å². The Morgan fingerprint density at radius 3 is 2.29 bits per heavy atom. The molecule has 0 saturated heterocycles. The van der Waals surface area contributed by atoms with Crippen molar-refractivity contribution in [1.29, 1.82) is 0 Å². The van der Waals surface area contributed by atoms with E-state index in [-0.39, 0.29) is 12.3 Å². The minimum atomic E-state index is -4.67. The lowest BCUT2D eigenvalue weighted by atomic mass is 10.2. The number of halogens is 3. The average Bonchev–Trinajstić information content (AvgIpc) is 2.37. The van der Waals surface area contributed by atoms with Gasteiger partial charge in [0.15, 0.2) is 0 Å². The van der Waals surface area contributed by atoms with Crippen LogP contribution in [0.3, 0.4) is 0 Å². The maximum Gasteiger partial charge on any atom is 0.431 e. The predicted molar refractivity (Wildman–Crippen MR) is 75.2 cm³/mol. The minimum Gasteiger partial charge on any atom is -0.463 e. The van der Waals surface area contributed by atoms with E-state index in [1.807, 2.05) is 19.0 Å². The third-order valence-corrected chi connectivity index (χ3v) is 2.52. The number of rotatable bonds is 5. The Balaban J connectivity index is 2.94. The van der Waals surface area contributed by atoms with Crippen molar-refractivity contribution in [2.75, 3.05) is 30.9 Å². The highest BCUT2D eigenvalue weighted by atomic mass is 19.4. The molecule has 1 aromatic rings. The van der Waals surface area contributed by atoms with Crippen molar-refractivity contribution < 1.29 is 22.7 Å². The Labute approximate surface area is 121 Å². The summed E-state index contributed by atoms with van der Waals surface area (Å²) in [5.41, 5.74) is -0.0875. The van der Waals surface area contributed by atoms with Crippen molar-refractivity contribution in [2.45, 2.75) is 13.1 Å². The number of hydrogen-bond acceptors (Lipinski definition) is 4. The molecule has 0 bridgehead atoms. The Kier molecular flexibility index (Phi) is 5.63. The molecule has 0 aliphatic carbocycles. The quantitative estimate of drug-likeness (QED) is 0.670. The predicted octanol–water partition coefficient (Wildman–Crippen LogP) is 3.17. The van der Waals surface area contributed by atoms with E-state index in [4.69, 9.17) is 0 Å². The lowest BCUT2D eigenvalue weighted by Crippen LogP contribution is -2.21. The van der Waals surface area contributed by atoms with Gasteiger partial charge in [-0.05, 0) is 31.2 Å². The molecule has 7 heteroatoms. The maximum atomic E-state index is 12.9. The number of allylic oxidation sites excluding steroid dienone is 1. The lowest BCUT2D eigenvalue weighted by Gasteiger charge is -2.16. The fourth-order valence-corrected chi connectivity index (χ4v) is 1.49. The fraction of sp³-hybridized carbons (Fsp3) is 0.357. The highest BCUT2D eigenvalue weighted by Gasteiger charge is 2.35. The van der Waals surface area contributed by atoms with Crippen molar-refractivity contribution in [3.8, 4) is 0 Å². The van der Waals surface area contributed by atoms with E-state index >= 15 is 0 Å². The van der Waals surface area contributed by atoms with E-state index in [1.54, 1.807) is 12.1 Å². The van der Waals surface area contributed by atoms with Gasteiger partial charge in [0.1, 0.15) is 5.70 Å². The summed E-state index contributed by atoms with van der Waals surface area (Å²) in [6.45, 7) is 1.53. The van der Waals surface area contributed by atoms with Crippen LogP contribution in [0.15, 0.2) is 36.0 Å². The topological polar surface area (TPSA) is 41.6 Å². The molecule has 0 heterocycles. The number of carbonyl (C=O) groups is 1. The molecule has 0 saturated carbocycles. The average molecular weight is 302 g/mol. The summed E-state index contributed by atoms with van der Waals surface area (Å²) < 4.78 is 43.1. The van der Waals surface area contributed by atoms with E-state index in [1.165, 1.54) is 19.1 Å². The van der Waals surface area contributed by atoms with Crippen LogP contribution >= 0.6 is 0 Å². The largest absolute Gasteiger partial charge is 0.463 e. The molecular weight excluding hydrogens is 285 g/mol. The summed E-state index contributed by atoms with van der Waals surface area (Å²) in [6, 6.07) is 6.33. The first kappa shape index (κ1) is 16.9. The number of nitrogens with one attached hydrogen (secondary N) is 1. The molecule has 0 aliphatic heterocycles. The van der Waals surface area contributed by atoms with E-state index < -0.39 is 17.8 Å². The van der Waals surface area contributed by atoms with Crippen molar-refractivity contribution >= 4 is 17.3 Å². The third kappa shape index (κ3) is 5.37. The zero-order valence-corrected chi connectivity index (χ0v) is 12.0. The molecular formula is C14H17F3N2O2. The van der Waals surface area contributed by atoms with Crippen LogP contribution in [0.2, 0.25) is 0 Å². The summed E-state index contributed by atoms with van der Waals surface area (Å²) in [5.74, 6) is -1.04. The molecule has 0 amide bonds. The third-order valence-electron chi connectivity index (χ3n) is 2.52. The van der Waals surface area contributed by atoms with Gasteiger partial charge in [-0.3, -0.25) is 0 Å². The van der Waals surface area contributed by atoms with Gasteiger partial charge < -0.3 is 15.0 Å². The van der Waals surface area contributed by atoms with Crippen LogP contribution in [0.1, 0.15) is 6.92 Å². The Morgan fingerprint density at radius 1 is 1.29 bits per heavy atom. The molecule has 0 fully saturated rings. The van der Waals surface area contributed by atoms with E-state index in [0.717, 1.165) is 5.69 Å². The normalized spacial score (nSPS) is 12.0. The summed E-state index contributed by atoms with van der Waals surface area (Å²) >= 11 is 0. The second-order valence-corrected chi connectivity index (χ2v) is 4.37. The van der Waals surface area contributed by atoms with Gasteiger partial charge in [-0.25, -0.2) is 4.79 Å². The first-order chi connectivity index (χ1) is 9.74. The van der Waals surface area contributed by atoms with Crippen LogP contribution in [0.5, 0.6) is 0 Å². The van der Waals surface area contributed by atoms with E-state index in [2.05, 4.69) is 10.1 Å². The van der Waals surface area contributed by atoms with Gasteiger partial charge in [-0.15, -0.1) is 0 Å². The number of benzene rings is 1. The number of hydrogen-bond donors (Lipinski definition) is 1. The molecule has 0 aliphatic rings. The minimum absolute atomic E-state index is 0.0119. The molecule has 21 heavy (non-hydrogen) atoms.